The van der Waals surface area contributed by atoms with Gasteiger partial charge in [0.05, 0.1) is 10.6 Å². The predicted octanol–water partition coefficient (Wildman–Crippen LogP) is 2.61. The number of likely N-dealkylation sites (tertiary alicyclic amines) is 1. The van der Waals surface area contributed by atoms with E-state index in [0.717, 1.165) is 18.9 Å². The second-order valence-corrected chi connectivity index (χ2v) is 7.95. The third-order valence-corrected chi connectivity index (χ3v) is 5.62. The van der Waals surface area contributed by atoms with Crippen LogP contribution in [0.25, 0.3) is 0 Å². The number of anilines is 1. The molecule has 0 spiro atoms. The average Bonchev–Trinajstić information content (AvgIpc) is 2.63. The van der Waals surface area contributed by atoms with E-state index in [1.807, 2.05) is 0 Å². The van der Waals surface area contributed by atoms with Crippen molar-refractivity contribution >= 4 is 34.0 Å². The number of rotatable bonds is 4. The van der Waals surface area contributed by atoms with Gasteiger partial charge in [0.15, 0.2) is 0 Å². The molecular weight excluding hydrogens is 393 g/mol. The molecule has 0 aliphatic carbocycles. The molecule has 0 aromatic heterocycles. The Kier molecular flexibility index (Phi) is 6.80. The standard InChI is InChI=1S/C18H20FN3O3S.ClH/c19-16-8-1-2-9-17(16)21-26(24,25)15-7-3-5-13(11-15)18(23)22-10-4-6-14(20)12-22;/h1-3,5,7-9,11,14,21H,4,6,10,12,20H2;1H. The molecule has 1 atom stereocenters. The van der Waals surface area contributed by atoms with E-state index in [4.69, 9.17) is 5.73 Å². The number of nitrogens with two attached hydrogens (primary N) is 1. The minimum atomic E-state index is -4.02. The molecule has 2 aromatic carbocycles. The molecule has 2 aromatic rings. The van der Waals surface area contributed by atoms with E-state index < -0.39 is 15.8 Å². The molecule has 0 saturated carbocycles. The minimum absolute atomic E-state index is 0. The number of para-hydroxylation sites is 1. The van der Waals surface area contributed by atoms with Gasteiger partial charge >= 0.3 is 0 Å². The normalized spacial score (nSPS) is 17.1. The Bertz CT molecular complexity index is 924. The van der Waals surface area contributed by atoms with Crippen LogP contribution in [0.15, 0.2) is 53.4 Å². The van der Waals surface area contributed by atoms with E-state index in [0.29, 0.717) is 13.1 Å². The molecule has 1 aliphatic heterocycles. The van der Waals surface area contributed by atoms with Crippen molar-refractivity contribution < 1.29 is 17.6 Å². The maximum atomic E-state index is 13.7. The lowest BCUT2D eigenvalue weighted by Crippen LogP contribution is -2.45. The summed E-state index contributed by atoms with van der Waals surface area (Å²) in [5.74, 6) is -0.936. The fourth-order valence-electron chi connectivity index (χ4n) is 2.92. The quantitative estimate of drug-likeness (QED) is 0.805. The summed E-state index contributed by atoms with van der Waals surface area (Å²) in [6.07, 6.45) is 1.69. The summed E-state index contributed by atoms with van der Waals surface area (Å²) in [5.41, 5.74) is 6.02. The van der Waals surface area contributed by atoms with Crippen LogP contribution in [-0.2, 0) is 10.0 Å². The molecule has 1 aliphatic rings. The van der Waals surface area contributed by atoms with Gasteiger partial charge in [-0.2, -0.15) is 0 Å². The monoisotopic (exact) mass is 413 g/mol. The Labute approximate surface area is 164 Å². The molecule has 1 saturated heterocycles. The van der Waals surface area contributed by atoms with Crippen molar-refractivity contribution in [1.29, 1.82) is 0 Å². The Morgan fingerprint density at radius 1 is 1.19 bits per heavy atom. The second kappa shape index (κ2) is 8.69. The molecule has 146 valence electrons. The number of hydrogen-bond donors (Lipinski definition) is 2. The number of benzene rings is 2. The lowest BCUT2D eigenvalue weighted by atomic mass is 10.1. The zero-order valence-corrected chi connectivity index (χ0v) is 16.1. The summed E-state index contributed by atoms with van der Waals surface area (Å²) in [4.78, 5) is 14.2. The Hall–Kier alpha value is -2.16. The first-order valence-electron chi connectivity index (χ1n) is 8.29. The fraction of sp³-hybridized carbons (Fsp3) is 0.278. The molecule has 1 unspecified atom stereocenters. The summed E-state index contributed by atoms with van der Waals surface area (Å²) < 4.78 is 41.0. The molecule has 27 heavy (non-hydrogen) atoms. The lowest BCUT2D eigenvalue weighted by molar-refractivity contribution is 0.0708. The van der Waals surface area contributed by atoms with Crippen LogP contribution in [-0.4, -0.2) is 38.4 Å². The highest BCUT2D eigenvalue weighted by Crippen LogP contribution is 2.21. The van der Waals surface area contributed by atoms with Gasteiger partial charge in [-0.15, -0.1) is 12.4 Å². The number of nitrogens with one attached hydrogen (secondary N) is 1. The highest BCUT2D eigenvalue weighted by Gasteiger charge is 2.24. The van der Waals surface area contributed by atoms with Gasteiger partial charge in [0.1, 0.15) is 5.82 Å². The van der Waals surface area contributed by atoms with Crippen LogP contribution in [0.3, 0.4) is 0 Å². The Balaban J connectivity index is 0.00000261. The van der Waals surface area contributed by atoms with Crippen LogP contribution in [0.2, 0.25) is 0 Å². The molecule has 1 amide bonds. The second-order valence-electron chi connectivity index (χ2n) is 6.27. The summed E-state index contributed by atoms with van der Waals surface area (Å²) in [7, 11) is -4.02. The highest BCUT2D eigenvalue weighted by atomic mass is 35.5. The van der Waals surface area contributed by atoms with E-state index in [1.54, 1.807) is 11.0 Å². The van der Waals surface area contributed by atoms with Crippen molar-refractivity contribution in [1.82, 2.24) is 4.90 Å². The maximum Gasteiger partial charge on any atom is 0.262 e. The van der Waals surface area contributed by atoms with Crippen molar-refractivity contribution in [2.24, 2.45) is 5.73 Å². The smallest absolute Gasteiger partial charge is 0.262 e. The number of amides is 1. The third-order valence-electron chi connectivity index (χ3n) is 4.25. The molecule has 3 rings (SSSR count). The lowest BCUT2D eigenvalue weighted by Gasteiger charge is -2.30. The summed E-state index contributed by atoms with van der Waals surface area (Å²) >= 11 is 0. The number of halogens is 2. The van der Waals surface area contributed by atoms with Crippen LogP contribution in [0.5, 0.6) is 0 Å². The molecule has 9 heteroatoms. The van der Waals surface area contributed by atoms with Gasteiger partial charge < -0.3 is 10.6 Å². The first-order valence-corrected chi connectivity index (χ1v) is 9.77. The topological polar surface area (TPSA) is 92.5 Å². The molecule has 6 nitrogen and oxygen atoms in total. The van der Waals surface area contributed by atoms with Gasteiger partial charge in [0.2, 0.25) is 0 Å². The summed E-state index contributed by atoms with van der Waals surface area (Å²) in [6.45, 7) is 1.04. The van der Waals surface area contributed by atoms with E-state index in [2.05, 4.69) is 4.72 Å². The van der Waals surface area contributed by atoms with Crippen LogP contribution in [0, 0.1) is 5.82 Å². The van der Waals surface area contributed by atoms with Crippen LogP contribution in [0.1, 0.15) is 23.2 Å². The molecule has 3 N–H and O–H groups in total. The fourth-order valence-corrected chi connectivity index (χ4v) is 4.03. The Morgan fingerprint density at radius 3 is 2.63 bits per heavy atom. The van der Waals surface area contributed by atoms with Gasteiger partial charge in [-0.25, -0.2) is 12.8 Å². The van der Waals surface area contributed by atoms with Crippen LogP contribution in [0.4, 0.5) is 10.1 Å². The number of piperidine rings is 1. The van der Waals surface area contributed by atoms with Gasteiger partial charge in [-0.3, -0.25) is 9.52 Å². The zero-order valence-electron chi connectivity index (χ0n) is 14.5. The van der Waals surface area contributed by atoms with E-state index >= 15 is 0 Å². The number of sulfonamides is 1. The number of carbonyl (C=O) groups is 1. The van der Waals surface area contributed by atoms with E-state index in [1.165, 1.54) is 36.4 Å². The van der Waals surface area contributed by atoms with Gasteiger partial charge in [-0.05, 0) is 43.2 Å². The third kappa shape index (κ3) is 4.97. The van der Waals surface area contributed by atoms with Crippen LogP contribution < -0.4 is 10.5 Å². The van der Waals surface area contributed by atoms with E-state index in [-0.39, 0.29) is 40.5 Å². The molecular formula is C18H21ClFN3O3S. The van der Waals surface area contributed by atoms with Crippen molar-refractivity contribution in [3.63, 3.8) is 0 Å². The number of hydrogen-bond acceptors (Lipinski definition) is 4. The first-order chi connectivity index (χ1) is 12.4. The van der Waals surface area contributed by atoms with Gasteiger partial charge in [0.25, 0.3) is 15.9 Å². The highest BCUT2D eigenvalue weighted by molar-refractivity contribution is 7.92. The SMILES string of the molecule is Cl.NC1CCCN(C(=O)c2cccc(S(=O)(=O)Nc3ccccc3F)c2)C1. The number of nitrogens with zero attached hydrogens (tertiary/aromatic N) is 1. The summed E-state index contributed by atoms with van der Waals surface area (Å²) in [6, 6.07) is 11.1. The van der Waals surface area contributed by atoms with Crippen molar-refractivity contribution in [2.45, 2.75) is 23.8 Å². The van der Waals surface area contributed by atoms with Gasteiger partial charge in [0, 0.05) is 24.7 Å². The predicted molar refractivity (Wildman–Crippen MR) is 104 cm³/mol. The van der Waals surface area contributed by atoms with Crippen LogP contribution >= 0.6 is 12.4 Å². The first kappa shape index (κ1) is 21.1. The molecule has 1 heterocycles. The number of carbonyl (C=O) groups excluding carboxylic acids is 1. The minimum Gasteiger partial charge on any atom is -0.337 e. The van der Waals surface area contributed by atoms with Crippen molar-refractivity contribution in [3.8, 4) is 0 Å². The largest absolute Gasteiger partial charge is 0.337 e. The zero-order chi connectivity index (χ0) is 18.7. The van der Waals surface area contributed by atoms with Crippen molar-refractivity contribution in [2.75, 3.05) is 17.8 Å². The maximum absolute atomic E-state index is 13.7. The average molecular weight is 414 g/mol. The summed E-state index contributed by atoms with van der Waals surface area (Å²) in [5, 5.41) is 0. The van der Waals surface area contributed by atoms with Gasteiger partial charge in [-0.1, -0.05) is 18.2 Å². The Morgan fingerprint density at radius 2 is 1.93 bits per heavy atom. The molecule has 0 bridgehead atoms. The van der Waals surface area contributed by atoms with E-state index in [9.17, 15) is 17.6 Å². The molecule has 0 radical (unpaired) electrons. The molecule has 1 fully saturated rings. The van der Waals surface area contributed by atoms with Crippen molar-refractivity contribution in [3.05, 3.63) is 59.9 Å².